The molecule has 0 saturated heterocycles. The van der Waals surface area contributed by atoms with E-state index in [2.05, 4.69) is 64.8 Å². The predicted octanol–water partition coefficient (Wildman–Crippen LogP) is 4.76. The van der Waals surface area contributed by atoms with Crippen LogP contribution >= 0.6 is 0 Å². The average molecular weight is 318 g/mol. The predicted molar refractivity (Wildman–Crippen MR) is 99.7 cm³/mol. The maximum atomic E-state index is 4.57. The molecule has 2 aromatic carbocycles. The molecule has 122 valence electrons. The van der Waals surface area contributed by atoms with Crippen molar-refractivity contribution in [2.75, 3.05) is 10.6 Å². The minimum atomic E-state index is 0.607. The highest BCUT2D eigenvalue weighted by atomic mass is 15.1. The lowest BCUT2D eigenvalue weighted by atomic mass is 10.1. The number of hydrogen-bond acceptors (Lipinski definition) is 4. The Labute approximate surface area is 143 Å². The van der Waals surface area contributed by atoms with Gasteiger partial charge in [-0.15, -0.1) is 0 Å². The highest BCUT2D eigenvalue weighted by Gasteiger charge is 2.04. The van der Waals surface area contributed by atoms with Crippen LogP contribution in [0.1, 0.15) is 22.4 Å². The third-order valence-electron chi connectivity index (χ3n) is 3.84. The van der Waals surface area contributed by atoms with E-state index in [0.717, 1.165) is 29.3 Å². The van der Waals surface area contributed by atoms with Gasteiger partial charge in [0, 0.05) is 24.0 Å². The molecule has 3 aromatic rings. The van der Waals surface area contributed by atoms with E-state index in [9.17, 15) is 0 Å². The lowest BCUT2D eigenvalue weighted by Gasteiger charge is -2.11. The molecule has 24 heavy (non-hydrogen) atoms. The SMILES string of the molecule is Cc1ccc(CNc2cc(C)nc(Nc3ccccc3C)n2)cc1. The van der Waals surface area contributed by atoms with Crippen LogP contribution in [0.25, 0.3) is 0 Å². The number of anilines is 3. The lowest BCUT2D eigenvalue weighted by molar-refractivity contribution is 1.06. The van der Waals surface area contributed by atoms with Gasteiger partial charge >= 0.3 is 0 Å². The van der Waals surface area contributed by atoms with Crippen molar-refractivity contribution in [1.29, 1.82) is 0 Å². The van der Waals surface area contributed by atoms with Gasteiger partial charge in [-0.05, 0) is 38.0 Å². The van der Waals surface area contributed by atoms with Crippen LogP contribution in [0.2, 0.25) is 0 Å². The largest absolute Gasteiger partial charge is 0.366 e. The number of para-hydroxylation sites is 1. The zero-order chi connectivity index (χ0) is 16.9. The molecule has 0 spiro atoms. The second-order valence-electron chi connectivity index (χ2n) is 6.00. The molecule has 1 aromatic heterocycles. The highest BCUT2D eigenvalue weighted by Crippen LogP contribution is 2.19. The summed E-state index contributed by atoms with van der Waals surface area (Å²) < 4.78 is 0. The van der Waals surface area contributed by atoms with E-state index in [4.69, 9.17) is 0 Å². The molecular formula is C20H22N4. The summed E-state index contributed by atoms with van der Waals surface area (Å²) in [6.07, 6.45) is 0. The van der Waals surface area contributed by atoms with Crippen molar-refractivity contribution in [3.8, 4) is 0 Å². The number of rotatable bonds is 5. The minimum absolute atomic E-state index is 0.607. The van der Waals surface area contributed by atoms with E-state index in [1.807, 2.05) is 31.2 Å². The fraction of sp³-hybridized carbons (Fsp3) is 0.200. The summed E-state index contributed by atoms with van der Waals surface area (Å²) >= 11 is 0. The summed E-state index contributed by atoms with van der Waals surface area (Å²) in [5.41, 5.74) is 5.60. The smallest absolute Gasteiger partial charge is 0.229 e. The summed E-state index contributed by atoms with van der Waals surface area (Å²) in [6.45, 7) is 6.87. The van der Waals surface area contributed by atoms with Crippen molar-refractivity contribution in [3.05, 3.63) is 77.0 Å². The van der Waals surface area contributed by atoms with Gasteiger partial charge in [-0.25, -0.2) is 4.98 Å². The first-order valence-electron chi connectivity index (χ1n) is 8.08. The monoisotopic (exact) mass is 318 g/mol. The van der Waals surface area contributed by atoms with Gasteiger partial charge in [0.05, 0.1) is 0 Å². The van der Waals surface area contributed by atoms with Crippen molar-refractivity contribution in [2.24, 2.45) is 0 Å². The Morgan fingerprint density at radius 1 is 0.875 bits per heavy atom. The van der Waals surface area contributed by atoms with Gasteiger partial charge in [0.2, 0.25) is 5.95 Å². The summed E-state index contributed by atoms with van der Waals surface area (Å²) in [5, 5.41) is 6.67. The summed E-state index contributed by atoms with van der Waals surface area (Å²) in [7, 11) is 0. The Morgan fingerprint density at radius 2 is 1.62 bits per heavy atom. The Balaban J connectivity index is 1.74. The van der Waals surface area contributed by atoms with Gasteiger partial charge in [0.15, 0.2) is 0 Å². The molecular weight excluding hydrogens is 296 g/mol. The van der Waals surface area contributed by atoms with E-state index >= 15 is 0 Å². The average Bonchev–Trinajstić information content (AvgIpc) is 2.56. The molecule has 0 aliphatic carbocycles. The molecule has 1 heterocycles. The van der Waals surface area contributed by atoms with Crippen molar-refractivity contribution in [1.82, 2.24) is 9.97 Å². The second kappa shape index (κ2) is 7.13. The maximum Gasteiger partial charge on any atom is 0.229 e. The van der Waals surface area contributed by atoms with Gasteiger partial charge < -0.3 is 10.6 Å². The molecule has 0 unspecified atom stereocenters. The van der Waals surface area contributed by atoms with Crippen molar-refractivity contribution < 1.29 is 0 Å². The number of nitrogens with zero attached hydrogens (tertiary/aromatic N) is 2. The standard InChI is InChI=1S/C20H22N4/c1-14-8-10-17(11-9-14)13-21-19-12-16(3)22-20(24-19)23-18-7-5-4-6-15(18)2/h4-12H,13H2,1-3H3,(H2,21,22,23,24). The van der Waals surface area contributed by atoms with Crippen LogP contribution in [0.15, 0.2) is 54.6 Å². The number of aryl methyl sites for hydroxylation is 3. The lowest BCUT2D eigenvalue weighted by Crippen LogP contribution is -2.06. The Kier molecular flexibility index (Phi) is 4.75. The van der Waals surface area contributed by atoms with Crippen molar-refractivity contribution in [2.45, 2.75) is 27.3 Å². The molecule has 0 fully saturated rings. The van der Waals surface area contributed by atoms with Gasteiger partial charge in [0.1, 0.15) is 5.82 Å². The van der Waals surface area contributed by atoms with Crippen LogP contribution in [0.4, 0.5) is 17.5 Å². The fourth-order valence-corrected chi connectivity index (χ4v) is 2.45. The highest BCUT2D eigenvalue weighted by molar-refractivity contribution is 5.59. The Morgan fingerprint density at radius 3 is 2.38 bits per heavy atom. The van der Waals surface area contributed by atoms with Crippen LogP contribution in [0, 0.1) is 20.8 Å². The number of benzene rings is 2. The third-order valence-corrected chi connectivity index (χ3v) is 3.84. The van der Waals surface area contributed by atoms with Gasteiger partial charge in [0.25, 0.3) is 0 Å². The van der Waals surface area contributed by atoms with Crippen LogP contribution in [0.5, 0.6) is 0 Å². The first-order chi connectivity index (χ1) is 11.6. The topological polar surface area (TPSA) is 49.8 Å². The van der Waals surface area contributed by atoms with E-state index < -0.39 is 0 Å². The molecule has 4 nitrogen and oxygen atoms in total. The summed E-state index contributed by atoms with van der Waals surface area (Å²) in [4.78, 5) is 9.04. The van der Waals surface area contributed by atoms with Gasteiger partial charge in [-0.3, -0.25) is 0 Å². The molecule has 0 radical (unpaired) electrons. The zero-order valence-corrected chi connectivity index (χ0v) is 14.3. The number of hydrogen-bond donors (Lipinski definition) is 2. The second-order valence-corrected chi connectivity index (χ2v) is 6.00. The van der Waals surface area contributed by atoms with E-state index in [1.165, 1.54) is 11.1 Å². The molecule has 2 N–H and O–H groups in total. The molecule has 4 heteroatoms. The molecule has 0 aliphatic heterocycles. The van der Waals surface area contributed by atoms with E-state index in [1.54, 1.807) is 0 Å². The summed E-state index contributed by atoms with van der Waals surface area (Å²) in [5.74, 6) is 1.43. The molecule has 0 aliphatic rings. The normalized spacial score (nSPS) is 10.5. The van der Waals surface area contributed by atoms with Crippen LogP contribution < -0.4 is 10.6 Å². The van der Waals surface area contributed by atoms with Gasteiger partial charge in [-0.1, -0.05) is 48.0 Å². The molecule has 0 bridgehead atoms. The molecule has 3 rings (SSSR count). The third kappa shape index (κ3) is 4.10. The maximum absolute atomic E-state index is 4.57. The van der Waals surface area contributed by atoms with Crippen LogP contribution in [0.3, 0.4) is 0 Å². The van der Waals surface area contributed by atoms with Crippen molar-refractivity contribution >= 4 is 17.5 Å². The fourth-order valence-electron chi connectivity index (χ4n) is 2.45. The minimum Gasteiger partial charge on any atom is -0.366 e. The zero-order valence-electron chi connectivity index (χ0n) is 14.3. The molecule has 0 amide bonds. The Bertz CT molecular complexity index is 825. The first-order valence-corrected chi connectivity index (χ1v) is 8.08. The summed E-state index contributed by atoms with van der Waals surface area (Å²) in [6, 6.07) is 18.6. The van der Waals surface area contributed by atoms with E-state index in [-0.39, 0.29) is 0 Å². The first kappa shape index (κ1) is 16.0. The van der Waals surface area contributed by atoms with E-state index in [0.29, 0.717) is 5.95 Å². The quantitative estimate of drug-likeness (QED) is 0.712. The number of aromatic nitrogens is 2. The van der Waals surface area contributed by atoms with Gasteiger partial charge in [-0.2, -0.15) is 4.98 Å². The Hall–Kier alpha value is -2.88. The van der Waals surface area contributed by atoms with Crippen molar-refractivity contribution in [3.63, 3.8) is 0 Å². The molecule has 0 saturated carbocycles. The van der Waals surface area contributed by atoms with Crippen LogP contribution in [-0.2, 0) is 6.54 Å². The molecule has 0 atom stereocenters. The van der Waals surface area contributed by atoms with Crippen LogP contribution in [-0.4, -0.2) is 9.97 Å². The number of nitrogens with one attached hydrogen (secondary N) is 2.